The van der Waals surface area contributed by atoms with Crippen molar-refractivity contribution in [1.82, 2.24) is 9.80 Å². The van der Waals surface area contributed by atoms with Crippen LogP contribution in [0.4, 0.5) is 0 Å². The molecule has 0 fully saturated rings. The fourth-order valence-electron chi connectivity index (χ4n) is 4.01. The number of methoxy groups -OCH3 is 2. The number of hydrogen-bond donors (Lipinski definition) is 0. The summed E-state index contributed by atoms with van der Waals surface area (Å²) >= 11 is 0. The zero-order valence-corrected chi connectivity index (χ0v) is 16.6. The number of amides is 3. The molecule has 0 spiro atoms. The van der Waals surface area contributed by atoms with Crippen LogP contribution in [0.2, 0.25) is 0 Å². The Balaban J connectivity index is 1.55. The smallest absolute Gasteiger partial charge is 0.262 e. The molecule has 0 N–H and O–H groups in total. The van der Waals surface area contributed by atoms with Crippen molar-refractivity contribution < 1.29 is 23.9 Å². The highest BCUT2D eigenvalue weighted by molar-refractivity contribution is 6.22. The molecular weight excluding hydrogens is 372 g/mol. The predicted molar refractivity (Wildman–Crippen MR) is 105 cm³/mol. The van der Waals surface area contributed by atoms with Crippen molar-refractivity contribution in [2.45, 2.75) is 25.9 Å². The lowest BCUT2D eigenvalue weighted by molar-refractivity contribution is -0.134. The maximum Gasteiger partial charge on any atom is 0.262 e. The Labute approximate surface area is 168 Å². The van der Waals surface area contributed by atoms with E-state index in [1.54, 1.807) is 43.4 Å². The second-order valence-electron chi connectivity index (χ2n) is 7.29. The van der Waals surface area contributed by atoms with E-state index in [-0.39, 0.29) is 18.5 Å². The van der Waals surface area contributed by atoms with Gasteiger partial charge in [0.15, 0.2) is 11.5 Å². The molecule has 1 atom stereocenters. The van der Waals surface area contributed by atoms with E-state index in [4.69, 9.17) is 9.47 Å². The molecule has 2 aromatic rings. The van der Waals surface area contributed by atoms with Crippen LogP contribution in [0.15, 0.2) is 36.4 Å². The summed E-state index contributed by atoms with van der Waals surface area (Å²) < 4.78 is 10.7. The maximum atomic E-state index is 13.0. The fourth-order valence-corrected chi connectivity index (χ4v) is 4.01. The summed E-state index contributed by atoms with van der Waals surface area (Å²) in [7, 11) is 3.16. The Kier molecular flexibility index (Phi) is 4.74. The summed E-state index contributed by atoms with van der Waals surface area (Å²) in [6, 6.07) is 10.4. The molecule has 2 aliphatic rings. The van der Waals surface area contributed by atoms with Gasteiger partial charge in [0.05, 0.1) is 25.3 Å². The number of ether oxygens (including phenoxy) is 2. The number of fused-ring (bicyclic) bond motifs is 2. The van der Waals surface area contributed by atoms with Crippen molar-refractivity contribution >= 4 is 17.7 Å². The average Bonchev–Trinajstić information content (AvgIpc) is 2.97. The van der Waals surface area contributed by atoms with E-state index in [1.807, 2.05) is 19.1 Å². The van der Waals surface area contributed by atoms with Gasteiger partial charge in [0.1, 0.15) is 6.54 Å². The van der Waals surface area contributed by atoms with Gasteiger partial charge in [0.2, 0.25) is 5.91 Å². The monoisotopic (exact) mass is 394 g/mol. The minimum Gasteiger partial charge on any atom is -0.493 e. The largest absolute Gasteiger partial charge is 0.493 e. The molecule has 0 bridgehead atoms. The zero-order chi connectivity index (χ0) is 20.7. The summed E-state index contributed by atoms with van der Waals surface area (Å²) in [4.78, 5) is 40.9. The SMILES string of the molecule is COc1cc2c(cc1OC)CN(C(=O)CN1C(=O)c3ccccc3C1=O)C(C)C2. The Morgan fingerprint density at radius 2 is 1.55 bits per heavy atom. The molecule has 1 unspecified atom stereocenters. The molecule has 3 amide bonds. The molecule has 2 aromatic carbocycles. The third-order valence-electron chi connectivity index (χ3n) is 5.59. The summed E-state index contributed by atoms with van der Waals surface area (Å²) in [6.07, 6.45) is 0.656. The van der Waals surface area contributed by atoms with Crippen LogP contribution >= 0.6 is 0 Å². The molecular formula is C22H22N2O5. The highest BCUT2D eigenvalue weighted by Crippen LogP contribution is 2.35. The standard InChI is InChI=1S/C22H22N2O5/c1-13-8-14-9-18(28-2)19(29-3)10-15(14)11-23(13)20(25)12-24-21(26)16-6-4-5-7-17(16)22(24)27/h4-7,9-10,13H,8,11-12H2,1-3H3. The first kappa shape index (κ1) is 19.0. The van der Waals surface area contributed by atoms with Crippen molar-refractivity contribution in [3.8, 4) is 11.5 Å². The number of carbonyl (C=O) groups excluding carboxylic acids is 3. The normalized spacial score (nSPS) is 17.8. The number of nitrogens with zero attached hydrogens (tertiary/aromatic N) is 2. The van der Waals surface area contributed by atoms with Crippen LogP contribution in [0.1, 0.15) is 38.8 Å². The van der Waals surface area contributed by atoms with E-state index in [9.17, 15) is 14.4 Å². The highest BCUT2D eigenvalue weighted by atomic mass is 16.5. The molecule has 2 aliphatic heterocycles. The van der Waals surface area contributed by atoms with E-state index < -0.39 is 11.8 Å². The first-order valence-electron chi connectivity index (χ1n) is 9.43. The van der Waals surface area contributed by atoms with E-state index >= 15 is 0 Å². The van der Waals surface area contributed by atoms with Crippen LogP contribution in [-0.4, -0.2) is 54.3 Å². The Morgan fingerprint density at radius 3 is 2.10 bits per heavy atom. The van der Waals surface area contributed by atoms with Gasteiger partial charge < -0.3 is 14.4 Å². The lowest BCUT2D eigenvalue weighted by Crippen LogP contribution is -2.48. The van der Waals surface area contributed by atoms with E-state index in [2.05, 4.69) is 0 Å². The lowest BCUT2D eigenvalue weighted by atomic mass is 9.94. The van der Waals surface area contributed by atoms with Gasteiger partial charge in [-0.15, -0.1) is 0 Å². The van der Waals surface area contributed by atoms with Gasteiger partial charge in [-0.2, -0.15) is 0 Å². The molecule has 0 saturated carbocycles. The molecule has 0 saturated heterocycles. The fraction of sp³-hybridized carbons (Fsp3) is 0.318. The van der Waals surface area contributed by atoms with Gasteiger partial charge in [0.25, 0.3) is 11.8 Å². The first-order chi connectivity index (χ1) is 13.9. The molecule has 7 heteroatoms. The lowest BCUT2D eigenvalue weighted by Gasteiger charge is -2.36. The zero-order valence-electron chi connectivity index (χ0n) is 16.6. The van der Waals surface area contributed by atoms with E-state index in [0.717, 1.165) is 16.0 Å². The van der Waals surface area contributed by atoms with Gasteiger partial charge in [-0.05, 0) is 48.7 Å². The maximum absolute atomic E-state index is 13.0. The number of imide groups is 1. The topological polar surface area (TPSA) is 76.2 Å². The first-order valence-corrected chi connectivity index (χ1v) is 9.43. The van der Waals surface area contributed by atoms with Crippen LogP contribution in [0.3, 0.4) is 0 Å². The average molecular weight is 394 g/mol. The van der Waals surface area contributed by atoms with E-state index in [0.29, 0.717) is 35.6 Å². The van der Waals surface area contributed by atoms with Crippen LogP contribution in [0, 0.1) is 0 Å². The number of rotatable bonds is 4. The quantitative estimate of drug-likeness (QED) is 0.744. The minimum absolute atomic E-state index is 0.0664. The summed E-state index contributed by atoms with van der Waals surface area (Å²) in [6.45, 7) is 2.08. The molecule has 2 heterocycles. The molecule has 0 aliphatic carbocycles. The van der Waals surface area contributed by atoms with Gasteiger partial charge >= 0.3 is 0 Å². The van der Waals surface area contributed by atoms with Crippen LogP contribution in [0.25, 0.3) is 0 Å². The Morgan fingerprint density at radius 1 is 1.00 bits per heavy atom. The minimum atomic E-state index is -0.421. The van der Waals surface area contributed by atoms with Gasteiger partial charge in [-0.25, -0.2) is 0 Å². The van der Waals surface area contributed by atoms with Gasteiger partial charge in [-0.1, -0.05) is 12.1 Å². The second-order valence-corrected chi connectivity index (χ2v) is 7.29. The third kappa shape index (κ3) is 3.12. The molecule has 0 aromatic heterocycles. The van der Waals surface area contributed by atoms with Gasteiger partial charge in [-0.3, -0.25) is 19.3 Å². The molecule has 7 nitrogen and oxygen atoms in total. The summed E-state index contributed by atoms with van der Waals surface area (Å²) in [5, 5.41) is 0. The van der Waals surface area contributed by atoms with Crippen molar-refractivity contribution in [3.05, 3.63) is 58.7 Å². The number of hydrogen-bond acceptors (Lipinski definition) is 5. The number of benzene rings is 2. The van der Waals surface area contributed by atoms with Crippen molar-refractivity contribution in [2.75, 3.05) is 20.8 Å². The van der Waals surface area contributed by atoms with Crippen molar-refractivity contribution in [3.63, 3.8) is 0 Å². The van der Waals surface area contributed by atoms with Crippen LogP contribution in [-0.2, 0) is 17.8 Å². The summed E-state index contributed by atoms with van der Waals surface area (Å²) in [5.74, 6) is 0.163. The molecule has 150 valence electrons. The number of carbonyl (C=O) groups is 3. The third-order valence-corrected chi connectivity index (χ3v) is 5.59. The molecule has 4 rings (SSSR count). The van der Waals surface area contributed by atoms with Crippen LogP contribution < -0.4 is 9.47 Å². The van der Waals surface area contributed by atoms with Gasteiger partial charge in [0, 0.05) is 12.6 Å². The Bertz CT molecular complexity index is 981. The summed E-state index contributed by atoms with van der Waals surface area (Å²) in [5.41, 5.74) is 2.76. The predicted octanol–water partition coefficient (Wildman–Crippen LogP) is 2.27. The van der Waals surface area contributed by atoms with E-state index in [1.165, 1.54) is 0 Å². The van der Waals surface area contributed by atoms with Crippen molar-refractivity contribution in [1.29, 1.82) is 0 Å². The molecule has 0 radical (unpaired) electrons. The molecule has 29 heavy (non-hydrogen) atoms. The highest BCUT2D eigenvalue weighted by Gasteiger charge is 2.38. The van der Waals surface area contributed by atoms with Crippen molar-refractivity contribution in [2.24, 2.45) is 0 Å². The second kappa shape index (κ2) is 7.24. The van der Waals surface area contributed by atoms with Crippen LogP contribution in [0.5, 0.6) is 11.5 Å². The Hall–Kier alpha value is -3.35.